The Morgan fingerprint density at radius 2 is 1.91 bits per heavy atom. The van der Waals surface area contributed by atoms with Crippen LogP contribution in [-0.4, -0.2) is 24.8 Å². The second-order valence-corrected chi connectivity index (χ2v) is 6.52. The van der Waals surface area contributed by atoms with Crippen molar-refractivity contribution in [3.63, 3.8) is 0 Å². The first kappa shape index (κ1) is 13.7. The van der Waals surface area contributed by atoms with Gasteiger partial charge < -0.3 is 25.8 Å². The predicted octanol–water partition coefficient (Wildman–Crippen LogP) is 1.86. The number of hydrogen-bond acceptors (Lipinski definition) is 5. The van der Waals surface area contributed by atoms with E-state index in [4.69, 9.17) is 15.2 Å². The lowest BCUT2D eigenvalue weighted by molar-refractivity contribution is -0.117. The van der Waals surface area contributed by atoms with Crippen LogP contribution in [0.2, 0.25) is 0 Å². The molecule has 2 atom stereocenters. The predicted molar refractivity (Wildman–Crippen MR) is 82.9 cm³/mol. The van der Waals surface area contributed by atoms with E-state index in [1.54, 1.807) is 12.1 Å². The van der Waals surface area contributed by atoms with Crippen LogP contribution in [0.1, 0.15) is 32.1 Å². The minimum absolute atomic E-state index is 0.0249. The van der Waals surface area contributed by atoms with Crippen LogP contribution in [-0.2, 0) is 4.79 Å². The molecule has 118 valence electrons. The number of piperidine rings is 1. The van der Waals surface area contributed by atoms with Crippen LogP contribution in [0, 0.1) is 5.92 Å². The van der Waals surface area contributed by atoms with Gasteiger partial charge in [0.1, 0.15) is 0 Å². The van der Waals surface area contributed by atoms with Gasteiger partial charge in [0, 0.05) is 30.6 Å². The van der Waals surface area contributed by atoms with Crippen molar-refractivity contribution >= 4 is 17.3 Å². The quantitative estimate of drug-likeness (QED) is 0.742. The van der Waals surface area contributed by atoms with Crippen LogP contribution in [0.3, 0.4) is 0 Å². The molecular formula is C16H21N3O3. The molecular weight excluding hydrogens is 282 g/mol. The summed E-state index contributed by atoms with van der Waals surface area (Å²) in [4.78, 5) is 12.3. The zero-order valence-corrected chi connectivity index (χ0v) is 12.4. The first-order chi connectivity index (χ1) is 10.7. The summed E-state index contributed by atoms with van der Waals surface area (Å²) in [6.45, 7) is 0.198. The lowest BCUT2D eigenvalue weighted by Gasteiger charge is -2.28. The molecule has 3 aliphatic rings. The molecule has 2 unspecified atom stereocenters. The molecule has 3 aliphatic heterocycles. The van der Waals surface area contributed by atoms with E-state index in [-0.39, 0.29) is 12.7 Å². The molecule has 0 aromatic heterocycles. The number of rotatable bonds is 3. The number of ether oxygens (including phenoxy) is 2. The van der Waals surface area contributed by atoms with E-state index < -0.39 is 0 Å². The van der Waals surface area contributed by atoms with E-state index in [2.05, 4.69) is 10.6 Å². The maximum absolute atomic E-state index is 12.3. The molecule has 1 aromatic carbocycles. The Hall–Kier alpha value is -1.95. The molecule has 1 amide bonds. The van der Waals surface area contributed by atoms with E-state index in [1.807, 2.05) is 0 Å². The smallest absolute Gasteiger partial charge is 0.231 e. The van der Waals surface area contributed by atoms with Crippen molar-refractivity contribution < 1.29 is 14.3 Å². The second-order valence-electron chi connectivity index (χ2n) is 6.52. The molecule has 6 nitrogen and oxygen atoms in total. The second kappa shape index (κ2) is 5.35. The standard InChI is InChI=1S/C16H21N3O3/c17-12-6-14-15(22-8-21-14)7-13(12)19-16(20)5-9-3-10-1-2-11(4-9)18-10/h6-7,9-11,18H,1-5,8,17H2,(H,19,20). The van der Waals surface area contributed by atoms with E-state index in [9.17, 15) is 4.79 Å². The van der Waals surface area contributed by atoms with E-state index >= 15 is 0 Å². The van der Waals surface area contributed by atoms with Crippen molar-refractivity contribution in [1.82, 2.24) is 5.32 Å². The number of carbonyl (C=O) groups excluding carboxylic acids is 1. The third kappa shape index (κ3) is 2.59. The number of nitrogens with one attached hydrogen (secondary N) is 2. The third-order valence-corrected chi connectivity index (χ3v) is 4.86. The molecule has 4 N–H and O–H groups in total. The van der Waals surface area contributed by atoms with Gasteiger partial charge in [-0.1, -0.05) is 0 Å². The van der Waals surface area contributed by atoms with Gasteiger partial charge >= 0.3 is 0 Å². The average Bonchev–Trinajstić information content (AvgIpc) is 3.05. The lowest BCUT2D eigenvalue weighted by Crippen LogP contribution is -2.39. The number of nitrogens with two attached hydrogens (primary N) is 1. The summed E-state index contributed by atoms with van der Waals surface area (Å²) in [7, 11) is 0. The van der Waals surface area contributed by atoms with Crippen LogP contribution in [0.4, 0.5) is 11.4 Å². The summed E-state index contributed by atoms with van der Waals surface area (Å²) in [6.07, 6.45) is 5.25. The normalized spacial score (nSPS) is 28.6. The molecule has 2 saturated heterocycles. The maximum atomic E-state index is 12.3. The molecule has 2 fully saturated rings. The van der Waals surface area contributed by atoms with Crippen LogP contribution in [0.25, 0.3) is 0 Å². The SMILES string of the molecule is Nc1cc2c(cc1NC(=O)CC1CC3CCC(C1)N3)OCO2. The fourth-order valence-electron chi connectivity index (χ4n) is 3.87. The Balaban J connectivity index is 1.40. The Kier molecular flexibility index (Phi) is 3.33. The van der Waals surface area contributed by atoms with Crippen molar-refractivity contribution in [2.75, 3.05) is 17.8 Å². The molecule has 4 rings (SSSR count). The van der Waals surface area contributed by atoms with Crippen LogP contribution < -0.4 is 25.8 Å². The summed E-state index contributed by atoms with van der Waals surface area (Å²) in [6, 6.07) is 4.64. The van der Waals surface area contributed by atoms with E-state index in [1.165, 1.54) is 12.8 Å². The number of fused-ring (bicyclic) bond motifs is 3. The first-order valence-electron chi connectivity index (χ1n) is 7.92. The molecule has 0 radical (unpaired) electrons. The van der Waals surface area contributed by atoms with Crippen molar-refractivity contribution in [3.8, 4) is 11.5 Å². The minimum Gasteiger partial charge on any atom is -0.454 e. The molecule has 0 aliphatic carbocycles. The van der Waals surface area contributed by atoms with Gasteiger partial charge in [0.25, 0.3) is 0 Å². The molecule has 2 bridgehead atoms. The first-order valence-corrected chi connectivity index (χ1v) is 7.92. The van der Waals surface area contributed by atoms with Crippen molar-refractivity contribution in [2.24, 2.45) is 5.92 Å². The Labute approximate surface area is 129 Å². The minimum atomic E-state index is 0.0249. The van der Waals surface area contributed by atoms with Crippen LogP contribution in [0.5, 0.6) is 11.5 Å². The zero-order valence-electron chi connectivity index (χ0n) is 12.4. The van der Waals surface area contributed by atoms with E-state index in [0.29, 0.717) is 47.3 Å². The average molecular weight is 303 g/mol. The molecule has 22 heavy (non-hydrogen) atoms. The van der Waals surface area contributed by atoms with Gasteiger partial charge in [0.05, 0.1) is 11.4 Å². The van der Waals surface area contributed by atoms with Crippen molar-refractivity contribution in [1.29, 1.82) is 0 Å². The molecule has 1 aromatic rings. The topological polar surface area (TPSA) is 85.6 Å². The summed E-state index contributed by atoms with van der Waals surface area (Å²) in [5.41, 5.74) is 7.07. The highest BCUT2D eigenvalue weighted by Gasteiger charge is 2.34. The fourth-order valence-corrected chi connectivity index (χ4v) is 3.87. The van der Waals surface area contributed by atoms with Crippen LogP contribution in [0.15, 0.2) is 12.1 Å². The van der Waals surface area contributed by atoms with Gasteiger partial charge in [-0.15, -0.1) is 0 Å². The number of carbonyl (C=O) groups is 1. The molecule has 0 saturated carbocycles. The summed E-state index contributed by atoms with van der Waals surface area (Å²) >= 11 is 0. The summed E-state index contributed by atoms with van der Waals surface area (Å²) in [5.74, 6) is 1.75. The van der Waals surface area contributed by atoms with Gasteiger partial charge in [-0.25, -0.2) is 0 Å². The highest BCUT2D eigenvalue weighted by Crippen LogP contribution is 2.38. The molecule has 6 heteroatoms. The van der Waals surface area contributed by atoms with Gasteiger partial charge in [-0.3, -0.25) is 4.79 Å². The third-order valence-electron chi connectivity index (χ3n) is 4.86. The monoisotopic (exact) mass is 303 g/mol. The molecule has 0 spiro atoms. The number of amides is 1. The summed E-state index contributed by atoms with van der Waals surface area (Å²) < 4.78 is 10.6. The van der Waals surface area contributed by atoms with E-state index in [0.717, 1.165) is 12.8 Å². The Morgan fingerprint density at radius 1 is 1.23 bits per heavy atom. The number of hydrogen-bond donors (Lipinski definition) is 3. The molecule has 3 heterocycles. The Bertz CT molecular complexity index is 593. The maximum Gasteiger partial charge on any atom is 0.231 e. The zero-order chi connectivity index (χ0) is 15.1. The highest BCUT2D eigenvalue weighted by atomic mass is 16.7. The van der Waals surface area contributed by atoms with Crippen molar-refractivity contribution in [3.05, 3.63) is 12.1 Å². The van der Waals surface area contributed by atoms with Gasteiger partial charge in [0.15, 0.2) is 11.5 Å². The van der Waals surface area contributed by atoms with Crippen molar-refractivity contribution in [2.45, 2.75) is 44.2 Å². The van der Waals surface area contributed by atoms with Gasteiger partial charge in [-0.05, 0) is 31.6 Å². The lowest BCUT2D eigenvalue weighted by atomic mass is 9.89. The highest BCUT2D eigenvalue weighted by molar-refractivity contribution is 5.94. The Morgan fingerprint density at radius 3 is 2.64 bits per heavy atom. The van der Waals surface area contributed by atoms with Gasteiger partial charge in [-0.2, -0.15) is 0 Å². The number of anilines is 2. The van der Waals surface area contributed by atoms with Gasteiger partial charge in [0.2, 0.25) is 12.7 Å². The number of benzene rings is 1. The van der Waals surface area contributed by atoms with Crippen LogP contribution >= 0.6 is 0 Å². The fraction of sp³-hybridized carbons (Fsp3) is 0.562. The number of nitrogen functional groups attached to an aromatic ring is 1. The largest absolute Gasteiger partial charge is 0.454 e. The summed E-state index contributed by atoms with van der Waals surface area (Å²) in [5, 5.41) is 6.52.